The highest BCUT2D eigenvalue weighted by molar-refractivity contribution is 9.10. The number of hydrogen-bond donors (Lipinski definition) is 0. The third kappa shape index (κ3) is 2.26. The first-order valence-electron chi connectivity index (χ1n) is 4.30. The predicted molar refractivity (Wildman–Crippen MR) is 58.3 cm³/mol. The highest BCUT2D eigenvalue weighted by Crippen LogP contribution is 2.29. The Morgan fingerprint density at radius 2 is 1.93 bits per heavy atom. The highest BCUT2D eigenvalue weighted by Gasteiger charge is 2.07. The minimum absolute atomic E-state index is 0.198. The van der Waals surface area contributed by atoms with Crippen LogP contribution in [0.3, 0.4) is 0 Å². The van der Waals surface area contributed by atoms with Gasteiger partial charge in [-0.3, -0.25) is 0 Å². The van der Waals surface area contributed by atoms with E-state index >= 15 is 0 Å². The minimum Gasteiger partial charge on any atom is -0.434 e. The van der Waals surface area contributed by atoms with Crippen molar-refractivity contribution in [3.05, 3.63) is 40.9 Å². The summed E-state index contributed by atoms with van der Waals surface area (Å²) in [6, 6.07) is 10.5. The molecular formula is C11H7BrF2O. The molecule has 0 aliphatic heterocycles. The van der Waals surface area contributed by atoms with Gasteiger partial charge in [-0.15, -0.1) is 0 Å². The fourth-order valence-electron chi connectivity index (χ4n) is 1.41. The summed E-state index contributed by atoms with van der Waals surface area (Å²) in [5.74, 6) is 0.198. The summed E-state index contributed by atoms with van der Waals surface area (Å²) >= 11 is 3.29. The Morgan fingerprint density at radius 3 is 2.67 bits per heavy atom. The van der Waals surface area contributed by atoms with Gasteiger partial charge >= 0.3 is 6.61 Å². The molecule has 2 aromatic rings. The lowest BCUT2D eigenvalue weighted by Crippen LogP contribution is -2.02. The average Bonchev–Trinajstić information content (AvgIpc) is 2.18. The molecule has 0 saturated heterocycles. The molecular weight excluding hydrogens is 266 g/mol. The molecule has 0 atom stereocenters. The molecule has 15 heavy (non-hydrogen) atoms. The smallest absolute Gasteiger partial charge is 0.387 e. The van der Waals surface area contributed by atoms with Crippen LogP contribution in [0.25, 0.3) is 10.8 Å². The van der Waals surface area contributed by atoms with Gasteiger partial charge in [0.15, 0.2) is 0 Å². The van der Waals surface area contributed by atoms with Crippen molar-refractivity contribution in [1.29, 1.82) is 0 Å². The second-order valence-electron chi connectivity index (χ2n) is 3.00. The molecule has 1 nitrogen and oxygen atoms in total. The van der Waals surface area contributed by atoms with Crippen LogP contribution in [0.5, 0.6) is 5.75 Å². The van der Waals surface area contributed by atoms with E-state index in [1.165, 1.54) is 6.07 Å². The van der Waals surface area contributed by atoms with Gasteiger partial charge in [0, 0.05) is 9.86 Å². The van der Waals surface area contributed by atoms with Crippen LogP contribution in [-0.4, -0.2) is 6.61 Å². The Labute approximate surface area is 93.8 Å². The summed E-state index contributed by atoms with van der Waals surface area (Å²) in [5, 5.41) is 1.54. The van der Waals surface area contributed by atoms with Crippen molar-refractivity contribution in [2.75, 3.05) is 0 Å². The van der Waals surface area contributed by atoms with Crippen molar-refractivity contribution in [1.82, 2.24) is 0 Å². The zero-order valence-corrected chi connectivity index (χ0v) is 9.17. The molecule has 0 aromatic heterocycles. The molecule has 2 rings (SSSR count). The summed E-state index contributed by atoms with van der Waals surface area (Å²) in [6.07, 6.45) is 0. The highest BCUT2D eigenvalue weighted by atomic mass is 79.9. The molecule has 2 aromatic carbocycles. The Hall–Kier alpha value is -1.16. The topological polar surface area (TPSA) is 9.23 Å². The maximum atomic E-state index is 12.1. The normalized spacial score (nSPS) is 10.9. The summed E-state index contributed by atoms with van der Waals surface area (Å²) in [7, 11) is 0. The molecule has 0 N–H and O–H groups in total. The third-order valence-corrected chi connectivity index (χ3v) is 2.51. The van der Waals surface area contributed by atoms with Crippen LogP contribution in [0, 0.1) is 0 Å². The van der Waals surface area contributed by atoms with E-state index in [9.17, 15) is 8.78 Å². The van der Waals surface area contributed by atoms with Gasteiger partial charge in [0.2, 0.25) is 0 Å². The van der Waals surface area contributed by atoms with Gasteiger partial charge in [-0.25, -0.2) is 0 Å². The standard InChI is InChI=1S/C11H7BrF2O/c12-8-5-4-7-2-1-3-10(9(7)6-8)15-11(13)14/h1-6,11H. The first-order valence-corrected chi connectivity index (χ1v) is 5.09. The fraction of sp³-hybridized carbons (Fsp3) is 0.0909. The molecule has 0 saturated carbocycles. The van der Waals surface area contributed by atoms with E-state index in [0.717, 1.165) is 9.86 Å². The quantitative estimate of drug-likeness (QED) is 0.796. The second-order valence-corrected chi connectivity index (χ2v) is 3.92. The number of hydrogen-bond acceptors (Lipinski definition) is 1. The van der Waals surface area contributed by atoms with Crippen molar-refractivity contribution >= 4 is 26.7 Å². The van der Waals surface area contributed by atoms with Gasteiger partial charge in [-0.2, -0.15) is 8.78 Å². The lowest BCUT2D eigenvalue weighted by Gasteiger charge is -2.08. The number of halogens is 3. The van der Waals surface area contributed by atoms with Crippen molar-refractivity contribution in [2.24, 2.45) is 0 Å². The maximum absolute atomic E-state index is 12.1. The van der Waals surface area contributed by atoms with Gasteiger partial charge < -0.3 is 4.74 Å². The predicted octanol–water partition coefficient (Wildman–Crippen LogP) is 4.20. The lowest BCUT2D eigenvalue weighted by atomic mass is 10.1. The Bertz CT molecular complexity index is 485. The number of rotatable bonds is 2. The maximum Gasteiger partial charge on any atom is 0.387 e. The van der Waals surface area contributed by atoms with Gasteiger partial charge in [0.25, 0.3) is 0 Å². The molecule has 0 aliphatic rings. The lowest BCUT2D eigenvalue weighted by molar-refractivity contribution is -0.0487. The van der Waals surface area contributed by atoms with Crippen molar-refractivity contribution in [2.45, 2.75) is 6.61 Å². The third-order valence-electron chi connectivity index (χ3n) is 2.02. The van der Waals surface area contributed by atoms with Gasteiger partial charge in [0.05, 0.1) is 0 Å². The van der Waals surface area contributed by atoms with Gasteiger partial charge in [-0.05, 0) is 23.6 Å². The zero-order valence-electron chi connectivity index (χ0n) is 7.58. The van der Waals surface area contributed by atoms with Crippen molar-refractivity contribution < 1.29 is 13.5 Å². The van der Waals surface area contributed by atoms with Crippen LogP contribution in [0.2, 0.25) is 0 Å². The van der Waals surface area contributed by atoms with Crippen LogP contribution < -0.4 is 4.74 Å². The molecule has 4 heteroatoms. The number of fused-ring (bicyclic) bond motifs is 1. The average molecular weight is 273 g/mol. The summed E-state index contributed by atoms with van der Waals surface area (Å²) in [5.41, 5.74) is 0. The molecule has 0 spiro atoms. The molecule has 0 radical (unpaired) electrons. The van der Waals surface area contributed by atoms with E-state index in [1.807, 2.05) is 18.2 Å². The van der Waals surface area contributed by atoms with Gasteiger partial charge in [-0.1, -0.05) is 34.1 Å². The Morgan fingerprint density at radius 1 is 1.13 bits per heavy atom. The molecule has 0 fully saturated rings. The van der Waals surface area contributed by atoms with E-state index in [1.54, 1.807) is 12.1 Å². The zero-order chi connectivity index (χ0) is 10.8. The van der Waals surface area contributed by atoms with Crippen LogP contribution in [0.1, 0.15) is 0 Å². The number of ether oxygens (including phenoxy) is 1. The number of alkyl halides is 2. The van der Waals surface area contributed by atoms with Gasteiger partial charge in [0.1, 0.15) is 5.75 Å². The molecule has 0 heterocycles. The number of benzene rings is 2. The fourth-order valence-corrected chi connectivity index (χ4v) is 1.78. The van der Waals surface area contributed by atoms with Crippen molar-refractivity contribution in [3.63, 3.8) is 0 Å². The summed E-state index contributed by atoms with van der Waals surface area (Å²) in [4.78, 5) is 0. The Kier molecular flexibility index (Phi) is 2.86. The molecule has 0 unspecified atom stereocenters. The Balaban J connectivity index is 2.58. The summed E-state index contributed by atoms with van der Waals surface area (Å²) < 4.78 is 29.5. The molecule has 78 valence electrons. The van der Waals surface area contributed by atoms with Crippen LogP contribution >= 0.6 is 15.9 Å². The van der Waals surface area contributed by atoms with E-state index in [4.69, 9.17) is 0 Å². The summed E-state index contributed by atoms with van der Waals surface area (Å²) in [6.45, 7) is -2.80. The largest absolute Gasteiger partial charge is 0.434 e. The van der Waals surface area contributed by atoms with Crippen LogP contribution in [0.15, 0.2) is 40.9 Å². The van der Waals surface area contributed by atoms with Crippen LogP contribution in [0.4, 0.5) is 8.78 Å². The van der Waals surface area contributed by atoms with E-state index in [-0.39, 0.29) is 5.75 Å². The van der Waals surface area contributed by atoms with E-state index < -0.39 is 6.61 Å². The molecule has 0 bridgehead atoms. The van der Waals surface area contributed by atoms with Crippen LogP contribution in [-0.2, 0) is 0 Å². The SMILES string of the molecule is FC(F)Oc1cccc2ccc(Br)cc12. The second kappa shape index (κ2) is 4.14. The first kappa shape index (κ1) is 10.4. The molecule has 0 amide bonds. The monoisotopic (exact) mass is 272 g/mol. The van der Waals surface area contributed by atoms with Crippen molar-refractivity contribution in [3.8, 4) is 5.75 Å². The molecule has 0 aliphatic carbocycles. The minimum atomic E-state index is -2.80. The van der Waals surface area contributed by atoms with E-state index in [2.05, 4.69) is 20.7 Å². The van der Waals surface area contributed by atoms with E-state index in [0.29, 0.717) is 5.39 Å². The first-order chi connectivity index (χ1) is 7.16.